The number of amidine groups is 1. The third kappa shape index (κ3) is 1.64. The highest BCUT2D eigenvalue weighted by atomic mass is 15.1. The molecule has 6 heteroatoms. The Kier molecular flexibility index (Phi) is 2.33. The van der Waals surface area contributed by atoms with Crippen LogP contribution in [0.25, 0.3) is 11.0 Å². The van der Waals surface area contributed by atoms with Gasteiger partial charge in [-0.15, -0.1) is 0 Å². The maximum Gasteiger partial charge on any atom is 0.176 e. The second-order valence-electron chi connectivity index (χ2n) is 4.00. The highest BCUT2D eigenvalue weighted by Crippen LogP contribution is 2.16. The predicted octanol–water partition coefficient (Wildman–Crippen LogP) is 1.09. The number of hydrogen-bond donors (Lipinski definition) is 3. The van der Waals surface area contributed by atoms with E-state index in [1.165, 1.54) is 0 Å². The van der Waals surface area contributed by atoms with E-state index in [-0.39, 0.29) is 5.84 Å². The highest BCUT2D eigenvalue weighted by Gasteiger charge is 2.13. The molecule has 18 heavy (non-hydrogen) atoms. The van der Waals surface area contributed by atoms with Crippen molar-refractivity contribution in [2.75, 3.05) is 0 Å². The summed E-state index contributed by atoms with van der Waals surface area (Å²) in [7, 11) is 0. The molecule has 0 saturated carbocycles. The number of benzene rings is 1. The molecule has 0 amide bonds. The smallest absolute Gasteiger partial charge is 0.176 e. The van der Waals surface area contributed by atoms with Gasteiger partial charge in [-0.3, -0.25) is 5.41 Å². The normalized spacial score (nSPS) is 10.9. The lowest BCUT2D eigenvalue weighted by Crippen LogP contribution is -2.18. The summed E-state index contributed by atoms with van der Waals surface area (Å²) >= 11 is 0. The van der Waals surface area contributed by atoms with Crippen molar-refractivity contribution in [1.82, 2.24) is 19.5 Å². The Balaban J connectivity index is 2.18. The van der Waals surface area contributed by atoms with Crippen LogP contribution in [0.4, 0.5) is 0 Å². The van der Waals surface area contributed by atoms with Crippen LogP contribution in [0.5, 0.6) is 0 Å². The van der Waals surface area contributed by atoms with Gasteiger partial charge in [0.25, 0.3) is 0 Å². The zero-order chi connectivity index (χ0) is 12.5. The molecule has 1 aromatic carbocycles. The minimum Gasteiger partial charge on any atom is -0.381 e. The van der Waals surface area contributed by atoms with E-state index >= 15 is 0 Å². The number of rotatable bonds is 3. The molecule has 0 aliphatic rings. The molecule has 0 aliphatic carbocycles. The summed E-state index contributed by atoms with van der Waals surface area (Å²) in [5, 5.41) is 7.61. The Morgan fingerprint density at radius 2 is 2.22 bits per heavy atom. The lowest BCUT2D eigenvalue weighted by atomic mass is 10.3. The molecule has 6 nitrogen and oxygen atoms in total. The van der Waals surface area contributed by atoms with Crippen LogP contribution in [0.15, 0.2) is 36.8 Å². The van der Waals surface area contributed by atoms with Crippen molar-refractivity contribution in [2.45, 2.75) is 6.54 Å². The summed E-state index contributed by atoms with van der Waals surface area (Å²) in [6.07, 6.45) is 3.38. The van der Waals surface area contributed by atoms with Gasteiger partial charge in [0.2, 0.25) is 0 Å². The van der Waals surface area contributed by atoms with Gasteiger partial charge in [0.15, 0.2) is 11.7 Å². The first-order valence-corrected chi connectivity index (χ1v) is 5.52. The number of para-hydroxylation sites is 2. The first-order chi connectivity index (χ1) is 8.75. The van der Waals surface area contributed by atoms with E-state index in [0.29, 0.717) is 12.4 Å². The molecule has 3 rings (SSSR count). The van der Waals surface area contributed by atoms with Gasteiger partial charge in [-0.2, -0.15) is 0 Å². The van der Waals surface area contributed by atoms with Gasteiger partial charge in [-0.25, -0.2) is 9.97 Å². The molecule has 4 N–H and O–H groups in total. The molecule has 2 heterocycles. The van der Waals surface area contributed by atoms with Crippen molar-refractivity contribution in [3.63, 3.8) is 0 Å². The Bertz CT molecular complexity index is 695. The van der Waals surface area contributed by atoms with Gasteiger partial charge in [0, 0.05) is 6.20 Å². The van der Waals surface area contributed by atoms with Crippen molar-refractivity contribution in [1.29, 1.82) is 5.41 Å². The van der Waals surface area contributed by atoms with Gasteiger partial charge in [-0.1, -0.05) is 12.1 Å². The van der Waals surface area contributed by atoms with Crippen molar-refractivity contribution in [3.8, 4) is 0 Å². The number of nitrogens with zero attached hydrogens (tertiary/aromatic N) is 3. The van der Waals surface area contributed by atoms with Gasteiger partial charge in [0.1, 0.15) is 0 Å². The van der Waals surface area contributed by atoms with Crippen LogP contribution in [0.2, 0.25) is 0 Å². The number of hydrogen-bond acceptors (Lipinski definition) is 3. The molecule has 3 aromatic rings. The first kappa shape index (κ1) is 10.5. The molecular weight excluding hydrogens is 228 g/mol. The molecule has 0 radical (unpaired) electrons. The van der Waals surface area contributed by atoms with Crippen molar-refractivity contribution >= 4 is 16.9 Å². The Labute approximate surface area is 103 Å². The van der Waals surface area contributed by atoms with Crippen LogP contribution in [0, 0.1) is 5.41 Å². The van der Waals surface area contributed by atoms with E-state index in [0.717, 1.165) is 16.7 Å². The van der Waals surface area contributed by atoms with E-state index in [9.17, 15) is 0 Å². The SMILES string of the molecule is N=C(N)c1nc2ccccc2n1Cc1cnc[nH]1. The van der Waals surface area contributed by atoms with Crippen LogP contribution in [-0.4, -0.2) is 25.4 Å². The number of nitrogens with two attached hydrogens (primary N) is 1. The number of nitrogens with one attached hydrogen (secondary N) is 2. The molecule has 0 unspecified atom stereocenters. The standard InChI is InChI=1S/C12H12N6/c13-11(14)12-17-9-3-1-2-4-10(9)18(12)6-8-5-15-7-16-8/h1-5,7H,6H2,(H3,13,14)(H,15,16). The van der Waals surface area contributed by atoms with Crippen LogP contribution in [0.1, 0.15) is 11.5 Å². The molecule has 0 fully saturated rings. The topological polar surface area (TPSA) is 96.4 Å². The summed E-state index contributed by atoms with van der Waals surface area (Å²) in [6, 6.07) is 7.73. The summed E-state index contributed by atoms with van der Waals surface area (Å²) in [4.78, 5) is 11.4. The molecule has 0 saturated heterocycles. The fourth-order valence-corrected chi connectivity index (χ4v) is 1.98. The third-order valence-corrected chi connectivity index (χ3v) is 2.78. The summed E-state index contributed by atoms with van der Waals surface area (Å²) < 4.78 is 1.91. The number of fused-ring (bicyclic) bond motifs is 1. The van der Waals surface area contributed by atoms with Crippen molar-refractivity contribution in [3.05, 3.63) is 48.3 Å². The largest absolute Gasteiger partial charge is 0.381 e. The van der Waals surface area contributed by atoms with Gasteiger partial charge in [-0.05, 0) is 12.1 Å². The minimum absolute atomic E-state index is 0.0364. The summed E-state index contributed by atoms with van der Waals surface area (Å²) in [5.74, 6) is 0.441. The van der Waals surface area contributed by atoms with E-state index < -0.39 is 0 Å². The maximum absolute atomic E-state index is 7.61. The number of nitrogen functional groups attached to an aromatic ring is 1. The average Bonchev–Trinajstić information content (AvgIpc) is 2.98. The molecule has 0 atom stereocenters. The predicted molar refractivity (Wildman–Crippen MR) is 68.4 cm³/mol. The zero-order valence-corrected chi connectivity index (χ0v) is 9.59. The van der Waals surface area contributed by atoms with Crippen LogP contribution >= 0.6 is 0 Å². The van der Waals surface area contributed by atoms with Crippen molar-refractivity contribution < 1.29 is 0 Å². The molecule has 0 bridgehead atoms. The lowest BCUT2D eigenvalue weighted by Gasteiger charge is -2.06. The number of H-pyrrole nitrogens is 1. The molecule has 0 spiro atoms. The third-order valence-electron chi connectivity index (χ3n) is 2.78. The first-order valence-electron chi connectivity index (χ1n) is 5.52. The van der Waals surface area contributed by atoms with Gasteiger partial charge in [0.05, 0.1) is 29.6 Å². The Morgan fingerprint density at radius 1 is 1.39 bits per heavy atom. The average molecular weight is 240 g/mol. The van der Waals surface area contributed by atoms with E-state index in [1.54, 1.807) is 12.5 Å². The molecular formula is C12H12N6. The fourth-order valence-electron chi connectivity index (χ4n) is 1.98. The van der Waals surface area contributed by atoms with E-state index in [2.05, 4.69) is 15.0 Å². The molecule has 2 aromatic heterocycles. The monoisotopic (exact) mass is 240 g/mol. The second kappa shape index (κ2) is 3.99. The highest BCUT2D eigenvalue weighted by molar-refractivity contribution is 5.95. The summed E-state index contributed by atoms with van der Waals surface area (Å²) in [6.45, 7) is 0.565. The van der Waals surface area contributed by atoms with Gasteiger partial charge >= 0.3 is 0 Å². The maximum atomic E-state index is 7.61. The molecule has 0 aliphatic heterocycles. The van der Waals surface area contributed by atoms with Crippen molar-refractivity contribution in [2.24, 2.45) is 5.73 Å². The fraction of sp³-hybridized carbons (Fsp3) is 0.0833. The minimum atomic E-state index is -0.0364. The Morgan fingerprint density at radius 3 is 2.94 bits per heavy atom. The van der Waals surface area contributed by atoms with Crippen LogP contribution in [-0.2, 0) is 6.54 Å². The second-order valence-corrected chi connectivity index (χ2v) is 4.00. The number of imidazole rings is 2. The number of aromatic nitrogens is 4. The summed E-state index contributed by atoms with van der Waals surface area (Å²) in [5.41, 5.74) is 8.32. The van der Waals surface area contributed by atoms with Crippen LogP contribution in [0.3, 0.4) is 0 Å². The van der Waals surface area contributed by atoms with E-state index in [4.69, 9.17) is 11.1 Å². The number of aromatic amines is 1. The zero-order valence-electron chi connectivity index (χ0n) is 9.59. The Hall–Kier alpha value is -2.63. The lowest BCUT2D eigenvalue weighted by molar-refractivity contribution is 0.791. The van der Waals surface area contributed by atoms with Gasteiger partial charge < -0.3 is 15.3 Å². The van der Waals surface area contributed by atoms with Crippen LogP contribution < -0.4 is 5.73 Å². The molecule has 90 valence electrons. The quantitative estimate of drug-likeness (QED) is 0.472. The van der Waals surface area contributed by atoms with E-state index in [1.807, 2.05) is 28.8 Å².